The minimum absolute atomic E-state index is 0.0962. The molecule has 9 nitrogen and oxygen atoms in total. The Hall–Kier alpha value is -3.45. The number of anilines is 1. The molecule has 2 aromatic carbocycles. The summed E-state index contributed by atoms with van der Waals surface area (Å²) in [4.78, 5) is 11.0. The molecule has 172 valence electrons. The van der Waals surface area contributed by atoms with Gasteiger partial charge in [-0.3, -0.25) is 4.79 Å². The Morgan fingerprint density at radius 2 is 1.72 bits per heavy atom. The Morgan fingerprint density at radius 1 is 1.16 bits per heavy atom. The van der Waals surface area contributed by atoms with Crippen molar-refractivity contribution in [1.29, 1.82) is 0 Å². The third-order valence-corrected chi connectivity index (χ3v) is 4.33. The number of rotatable bonds is 5. The van der Waals surface area contributed by atoms with Crippen molar-refractivity contribution in [3.8, 4) is 17.0 Å². The Kier molecular flexibility index (Phi) is 7.94. The van der Waals surface area contributed by atoms with Gasteiger partial charge in [0.2, 0.25) is 5.91 Å². The molecule has 0 saturated heterocycles. The topological polar surface area (TPSA) is 117 Å². The van der Waals surface area contributed by atoms with Crippen LogP contribution in [0.4, 0.5) is 18.9 Å². The van der Waals surface area contributed by atoms with E-state index in [0.717, 1.165) is 16.9 Å². The third kappa shape index (κ3) is 7.35. The van der Waals surface area contributed by atoms with Gasteiger partial charge in [-0.2, -0.15) is 13.2 Å². The molecule has 0 aliphatic heterocycles. The Morgan fingerprint density at radius 3 is 2.22 bits per heavy atom. The number of benzene rings is 2. The lowest BCUT2D eigenvalue weighted by Crippen LogP contribution is -2.38. The van der Waals surface area contributed by atoms with Gasteiger partial charge in [-0.15, -0.1) is 9.36 Å². The summed E-state index contributed by atoms with van der Waals surface area (Å²) in [5.74, 6) is 0.615. The molecule has 1 aromatic heterocycles. The maximum atomic E-state index is 11.0. The number of carbonyl (C=O) groups is 1. The number of alkyl halides is 3. The van der Waals surface area contributed by atoms with E-state index in [-0.39, 0.29) is 5.91 Å². The molecule has 0 saturated carbocycles. The van der Waals surface area contributed by atoms with Crippen LogP contribution in [0.2, 0.25) is 0 Å². The fourth-order valence-corrected chi connectivity index (χ4v) is 2.38. The van der Waals surface area contributed by atoms with Gasteiger partial charge in [0.15, 0.2) is 22.0 Å². The van der Waals surface area contributed by atoms with Crippen LogP contribution in [-0.4, -0.2) is 34.3 Å². The zero-order chi connectivity index (χ0) is 23.9. The van der Waals surface area contributed by atoms with E-state index in [1.807, 2.05) is 60.4 Å². The lowest BCUT2D eigenvalue weighted by molar-refractivity contribution is -0.779. The summed E-state index contributed by atoms with van der Waals surface area (Å²) in [5.41, 5.74) is -2.79. The highest BCUT2D eigenvalue weighted by molar-refractivity contribution is 7.86. The number of halogens is 3. The number of hydrogen-bond donors (Lipinski definition) is 1. The van der Waals surface area contributed by atoms with Gasteiger partial charge < -0.3 is 14.6 Å². The van der Waals surface area contributed by atoms with Crippen molar-refractivity contribution in [3.05, 3.63) is 60.8 Å². The first-order chi connectivity index (χ1) is 14.9. The molecule has 0 aliphatic rings. The molecule has 3 aromatic rings. The van der Waals surface area contributed by atoms with Crippen molar-refractivity contribution < 1.29 is 40.4 Å². The van der Waals surface area contributed by atoms with Crippen LogP contribution in [-0.2, 0) is 28.7 Å². The quantitative estimate of drug-likeness (QED) is 0.346. The second kappa shape index (κ2) is 10.2. The minimum Gasteiger partial charge on any atom is -0.741 e. The SMILES string of the molecule is CC(=O)Nc1ccc(OC[n+]2cc(-c3ccccc3)n(C)n2)cc1.O=S(=O)([O-])C(F)(F)F. The van der Waals surface area contributed by atoms with Crippen LogP contribution in [0.5, 0.6) is 5.75 Å². The molecule has 1 heterocycles. The second-order valence-electron chi connectivity index (χ2n) is 6.31. The van der Waals surface area contributed by atoms with E-state index in [0.29, 0.717) is 12.5 Å². The van der Waals surface area contributed by atoms with E-state index < -0.39 is 15.6 Å². The second-order valence-corrected chi connectivity index (χ2v) is 7.68. The summed E-state index contributed by atoms with van der Waals surface area (Å²) in [7, 11) is -4.19. The number of nitrogens with zero attached hydrogens (tertiary/aromatic N) is 3. The zero-order valence-corrected chi connectivity index (χ0v) is 17.7. The number of hydrogen-bond acceptors (Lipinski definition) is 6. The molecule has 0 fully saturated rings. The molecule has 0 aliphatic carbocycles. The van der Waals surface area contributed by atoms with E-state index in [2.05, 4.69) is 10.5 Å². The molecular weight excluding hydrogens is 453 g/mol. The monoisotopic (exact) mass is 472 g/mol. The molecule has 0 radical (unpaired) electrons. The average Bonchev–Trinajstić information content (AvgIpc) is 3.07. The molecule has 3 rings (SSSR count). The van der Waals surface area contributed by atoms with Crippen LogP contribution in [0.25, 0.3) is 11.3 Å². The fraction of sp³-hybridized carbons (Fsp3) is 0.211. The first-order valence-corrected chi connectivity index (χ1v) is 10.3. The minimum atomic E-state index is -6.09. The number of amides is 1. The van der Waals surface area contributed by atoms with E-state index in [1.165, 1.54) is 6.92 Å². The van der Waals surface area contributed by atoms with Crippen molar-refractivity contribution in [3.63, 3.8) is 0 Å². The van der Waals surface area contributed by atoms with Gasteiger partial charge >= 0.3 is 5.51 Å². The number of aryl methyl sites for hydroxylation is 1. The molecule has 1 N–H and O–H groups in total. The largest absolute Gasteiger partial charge is 0.741 e. The van der Waals surface area contributed by atoms with Gasteiger partial charge in [-0.1, -0.05) is 30.3 Å². The van der Waals surface area contributed by atoms with Crippen molar-refractivity contribution in [2.45, 2.75) is 19.2 Å². The maximum absolute atomic E-state index is 11.0. The van der Waals surface area contributed by atoms with Crippen molar-refractivity contribution >= 4 is 21.7 Å². The van der Waals surface area contributed by atoms with E-state index in [4.69, 9.17) is 17.7 Å². The fourth-order valence-electron chi connectivity index (χ4n) is 2.38. The normalized spacial score (nSPS) is 11.3. The lowest BCUT2D eigenvalue weighted by atomic mass is 10.2. The summed E-state index contributed by atoms with van der Waals surface area (Å²) >= 11 is 0. The molecule has 32 heavy (non-hydrogen) atoms. The number of carbonyl (C=O) groups excluding carboxylic acids is 1. The van der Waals surface area contributed by atoms with Crippen LogP contribution in [0.1, 0.15) is 6.92 Å². The molecule has 1 amide bonds. The first-order valence-electron chi connectivity index (χ1n) is 8.88. The number of aromatic nitrogens is 3. The maximum Gasteiger partial charge on any atom is 0.485 e. The third-order valence-electron chi connectivity index (χ3n) is 3.76. The van der Waals surface area contributed by atoms with Crippen LogP contribution >= 0.6 is 0 Å². The van der Waals surface area contributed by atoms with Crippen molar-refractivity contribution in [2.24, 2.45) is 7.05 Å². The zero-order valence-electron chi connectivity index (χ0n) is 16.9. The smallest absolute Gasteiger partial charge is 0.485 e. The predicted octanol–water partition coefficient (Wildman–Crippen LogP) is 2.42. The Balaban J connectivity index is 0.000000390. The van der Waals surface area contributed by atoms with Crippen molar-refractivity contribution in [1.82, 2.24) is 9.90 Å². The van der Waals surface area contributed by atoms with Gasteiger partial charge in [0.1, 0.15) is 12.8 Å². The summed E-state index contributed by atoms with van der Waals surface area (Å²) in [6.07, 6.45) is 1.95. The van der Waals surface area contributed by atoms with Gasteiger partial charge in [0, 0.05) is 18.2 Å². The molecule has 0 unspecified atom stereocenters. The molecular formula is C19H19F3N4O5S. The Bertz CT molecular complexity index is 1150. The lowest BCUT2D eigenvalue weighted by Gasteiger charge is -2.08. The molecule has 13 heteroatoms. The predicted molar refractivity (Wildman–Crippen MR) is 106 cm³/mol. The number of nitrogens with one attached hydrogen (secondary N) is 1. The molecule has 0 spiro atoms. The van der Waals surface area contributed by atoms with Crippen LogP contribution in [0, 0.1) is 0 Å². The highest BCUT2D eigenvalue weighted by atomic mass is 32.2. The molecule has 0 atom stereocenters. The van der Waals surface area contributed by atoms with Crippen LogP contribution in [0.3, 0.4) is 0 Å². The first kappa shape index (κ1) is 24.8. The van der Waals surface area contributed by atoms with E-state index in [1.54, 1.807) is 16.8 Å². The van der Waals surface area contributed by atoms with Crippen molar-refractivity contribution in [2.75, 3.05) is 5.32 Å². The molecule has 0 bridgehead atoms. The highest BCUT2D eigenvalue weighted by Gasteiger charge is 2.36. The average molecular weight is 472 g/mol. The van der Waals surface area contributed by atoms with Crippen LogP contribution in [0.15, 0.2) is 60.8 Å². The van der Waals surface area contributed by atoms with Gasteiger partial charge in [-0.05, 0) is 24.3 Å². The highest BCUT2D eigenvalue weighted by Crippen LogP contribution is 2.20. The standard InChI is InChI=1S/C18H18N4O2.CHF3O3S/c1-14(23)19-16-8-10-17(11-9-16)24-13-22-12-18(21(2)20-22)15-6-4-3-5-7-15;2-1(3,4)8(5,6)7/h3-12H,13H2,1-2H3;(H,5,6,7). The van der Waals surface area contributed by atoms with Gasteiger partial charge in [0.25, 0.3) is 6.73 Å². The van der Waals surface area contributed by atoms with Crippen LogP contribution < -0.4 is 14.7 Å². The Labute approximate surface area is 181 Å². The summed E-state index contributed by atoms with van der Waals surface area (Å²) < 4.78 is 68.2. The van der Waals surface area contributed by atoms with Gasteiger partial charge in [0.05, 0.1) is 5.21 Å². The van der Waals surface area contributed by atoms with E-state index in [9.17, 15) is 18.0 Å². The van der Waals surface area contributed by atoms with E-state index >= 15 is 0 Å². The van der Waals surface area contributed by atoms with Gasteiger partial charge in [-0.25, -0.2) is 8.42 Å². The number of ether oxygens (including phenoxy) is 1. The summed E-state index contributed by atoms with van der Waals surface area (Å²) in [6, 6.07) is 17.3. The summed E-state index contributed by atoms with van der Waals surface area (Å²) in [5, 5.41) is 7.13. The summed E-state index contributed by atoms with van der Waals surface area (Å²) in [6.45, 7) is 1.78.